The van der Waals surface area contributed by atoms with E-state index in [0.29, 0.717) is 19.4 Å². The third-order valence-corrected chi connectivity index (χ3v) is 7.71. The van der Waals surface area contributed by atoms with Crippen LogP contribution >= 0.6 is 0 Å². The summed E-state index contributed by atoms with van der Waals surface area (Å²) in [7, 11) is 0. The number of Topliss-reactive ketones (excluding diaryl/α,β-unsaturated/α-hetero) is 1. The van der Waals surface area contributed by atoms with Gasteiger partial charge in [-0.1, -0.05) is 18.6 Å². The van der Waals surface area contributed by atoms with E-state index in [9.17, 15) is 28.0 Å². The molecular formula is C25H30F3N3O4. The highest BCUT2D eigenvalue weighted by Crippen LogP contribution is 2.44. The second kappa shape index (κ2) is 9.99. The lowest BCUT2D eigenvalue weighted by molar-refractivity contribution is -0.149. The van der Waals surface area contributed by atoms with E-state index in [-0.39, 0.29) is 36.3 Å². The van der Waals surface area contributed by atoms with E-state index in [4.69, 9.17) is 0 Å². The topological polar surface area (TPSA) is 95.6 Å². The molecule has 6 atom stereocenters. The van der Waals surface area contributed by atoms with Gasteiger partial charge in [-0.2, -0.15) is 0 Å². The molecule has 3 aliphatic rings. The number of likely N-dealkylation sites (tertiary alicyclic amines) is 1. The number of rotatable bonds is 8. The first-order valence-corrected chi connectivity index (χ1v) is 12.1. The van der Waals surface area contributed by atoms with Crippen LogP contribution in [0.4, 0.5) is 13.2 Å². The predicted molar refractivity (Wildman–Crippen MR) is 120 cm³/mol. The number of benzene rings is 1. The number of hydrogen-bond acceptors (Lipinski definition) is 4. The Morgan fingerprint density at radius 3 is 2.69 bits per heavy atom. The standard InChI is InChI=1S/C25H30F3N3O4/c1-25(28,16-5-3-6-17(27)11-16)24(35)31-13-15-4-2-7-18(15)21(31)23(34)30-19(20(32)12-26)10-14-8-9-29-22(14)33/h3,5-6,11,14-15,18-19,21H,2,4,7-10,12-13H2,1H3,(H,29,33)(H,30,34)/t14-,15+,18+,19-,21+,25-/m0/s1. The number of amides is 3. The zero-order valence-corrected chi connectivity index (χ0v) is 19.6. The summed E-state index contributed by atoms with van der Waals surface area (Å²) in [4.78, 5) is 52.3. The summed E-state index contributed by atoms with van der Waals surface area (Å²) in [5.74, 6) is -4.17. The van der Waals surface area contributed by atoms with Crippen molar-refractivity contribution in [3.05, 3.63) is 35.6 Å². The van der Waals surface area contributed by atoms with Gasteiger partial charge >= 0.3 is 0 Å². The summed E-state index contributed by atoms with van der Waals surface area (Å²) in [5.41, 5.74) is -2.73. The highest BCUT2D eigenvalue weighted by Gasteiger charge is 2.53. The van der Waals surface area contributed by atoms with Gasteiger partial charge in [-0.3, -0.25) is 19.2 Å². The highest BCUT2D eigenvalue weighted by molar-refractivity contribution is 5.96. The lowest BCUT2D eigenvalue weighted by Crippen LogP contribution is -2.55. The summed E-state index contributed by atoms with van der Waals surface area (Å²) in [5, 5.41) is 5.22. The Morgan fingerprint density at radius 2 is 2.03 bits per heavy atom. The predicted octanol–water partition coefficient (Wildman–Crippen LogP) is 2.19. The zero-order valence-electron chi connectivity index (χ0n) is 19.6. The van der Waals surface area contributed by atoms with Crippen molar-refractivity contribution in [1.82, 2.24) is 15.5 Å². The van der Waals surface area contributed by atoms with E-state index < -0.39 is 53.8 Å². The van der Waals surface area contributed by atoms with Crippen molar-refractivity contribution in [3.8, 4) is 0 Å². The van der Waals surface area contributed by atoms with Crippen molar-refractivity contribution in [1.29, 1.82) is 0 Å². The molecule has 2 N–H and O–H groups in total. The van der Waals surface area contributed by atoms with Crippen LogP contribution in [0.15, 0.2) is 24.3 Å². The summed E-state index contributed by atoms with van der Waals surface area (Å²) >= 11 is 0. The highest BCUT2D eigenvalue weighted by atomic mass is 19.1. The maximum absolute atomic E-state index is 15.8. The molecule has 4 rings (SSSR count). The Balaban J connectivity index is 1.57. The summed E-state index contributed by atoms with van der Waals surface area (Å²) < 4.78 is 42.8. The van der Waals surface area contributed by atoms with Crippen LogP contribution in [0.25, 0.3) is 0 Å². The van der Waals surface area contributed by atoms with Crippen molar-refractivity contribution < 1.29 is 32.3 Å². The first-order valence-electron chi connectivity index (χ1n) is 12.1. The molecule has 10 heteroatoms. The van der Waals surface area contributed by atoms with Crippen LogP contribution in [0.5, 0.6) is 0 Å². The number of carbonyl (C=O) groups excluding carboxylic acids is 4. The van der Waals surface area contributed by atoms with Gasteiger partial charge in [0.05, 0.1) is 6.04 Å². The Morgan fingerprint density at radius 1 is 1.26 bits per heavy atom. The smallest absolute Gasteiger partial charge is 0.265 e. The fraction of sp³-hybridized carbons (Fsp3) is 0.600. The Hall–Kier alpha value is -2.91. The molecule has 35 heavy (non-hydrogen) atoms. The zero-order chi connectivity index (χ0) is 25.3. The average Bonchev–Trinajstić information content (AvgIpc) is 3.53. The molecule has 1 aromatic carbocycles. The van der Waals surface area contributed by atoms with Gasteiger partial charge in [0.2, 0.25) is 17.5 Å². The SMILES string of the molecule is C[C@@](F)(C(=O)N1C[C@H]2CCC[C@H]2[C@@H]1C(=O)N[C@@H](C[C@@H]1CCNC1=O)C(=O)CF)c1cccc(F)c1. The molecule has 1 saturated carbocycles. The first-order chi connectivity index (χ1) is 16.6. The van der Waals surface area contributed by atoms with Gasteiger partial charge in [0, 0.05) is 24.6 Å². The second-order valence-electron chi connectivity index (χ2n) is 9.94. The number of alkyl halides is 2. The third kappa shape index (κ3) is 4.92. The van der Waals surface area contributed by atoms with Crippen LogP contribution < -0.4 is 10.6 Å². The Bertz CT molecular complexity index is 1020. The van der Waals surface area contributed by atoms with E-state index in [1.165, 1.54) is 17.0 Å². The summed E-state index contributed by atoms with van der Waals surface area (Å²) in [6, 6.07) is 2.46. The van der Waals surface area contributed by atoms with Crippen molar-refractivity contribution >= 4 is 23.5 Å². The van der Waals surface area contributed by atoms with Gasteiger partial charge in [-0.25, -0.2) is 13.2 Å². The lowest BCUT2D eigenvalue weighted by atomic mass is 9.91. The van der Waals surface area contributed by atoms with Gasteiger partial charge < -0.3 is 15.5 Å². The van der Waals surface area contributed by atoms with Gasteiger partial charge in [0.1, 0.15) is 18.5 Å². The molecule has 0 bridgehead atoms. The van der Waals surface area contributed by atoms with Crippen molar-refractivity contribution in [2.24, 2.45) is 17.8 Å². The van der Waals surface area contributed by atoms with Gasteiger partial charge in [0.15, 0.2) is 5.78 Å². The van der Waals surface area contributed by atoms with Crippen LogP contribution in [0.2, 0.25) is 0 Å². The first kappa shape index (κ1) is 25.2. The number of hydrogen-bond donors (Lipinski definition) is 2. The van der Waals surface area contributed by atoms with Crippen LogP contribution in [0, 0.1) is 23.6 Å². The molecule has 2 aliphatic heterocycles. The van der Waals surface area contributed by atoms with E-state index in [2.05, 4.69) is 10.6 Å². The number of nitrogens with zero attached hydrogens (tertiary/aromatic N) is 1. The fourth-order valence-electron chi connectivity index (χ4n) is 5.80. The minimum atomic E-state index is -2.57. The molecule has 0 spiro atoms. The molecule has 3 fully saturated rings. The Labute approximate surface area is 201 Å². The van der Waals surface area contributed by atoms with E-state index in [1.54, 1.807) is 0 Å². The number of ketones is 1. The lowest BCUT2D eigenvalue weighted by Gasteiger charge is -2.33. The molecule has 2 saturated heterocycles. The summed E-state index contributed by atoms with van der Waals surface area (Å²) in [6.45, 7) is 0.350. The van der Waals surface area contributed by atoms with Crippen LogP contribution in [0.1, 0.15) is 44.6 Å². The molecular weight excluding hydrogens is 463 g/mol. The van der Waals surface area contributed by atoms with Crippen LogP contribution in [0.3, 0.4) is 0 Å². The number of carbonyl (C=O) groups is 4. The Kier molecular flexibility index (Phi) is 7.19. The normalized spacial score (nSPS) is 28.2. The minimum absolute atomic E-state index is 0.00561. The monoisotopic (exact) mass is 493 g/mol. The van der Waals surface area contributed by atoms with Crippen molar-refractivity contribution in [2.45, 2.75) is 56.8 Å². The average molecular weight is 494 g/mol. The molecule has 1 aromatic rings. The van der Waals surface area contributed by atoms with E-state index >= 15 is 4.39 Å². The molecule has 3 amide bonds. The van der Waals surface area contributed by atoms with Crippen LogP contribution in [-0.4, -0.2) is 60.3 Å². The number of nitrogens with one attached hydrogen (secondary N) is 2. The molecule has 0 aromatic heterocycles. The molecule has 0 unspecified atom stereocenters. The van der Waals surface area contributed by atoms with Crippen molar-refractivity contribution in [2.75, 3.05) is 19.8 Å². The van der Waals surface area contributed by atoms with Crippen molar-refractivity contribution in [3.63, 3.8) is 0 Å². The molecule has 7 nitrogen and oxygen atoms in total. The maximum Gasteiger partial charge on any atom is 0.265 e. The summed E-state index contributed by atoms with van der Waals surface area (Å²) in [6.07, 6.45) is 2.71. The van der Waals surface area contributed by atoms with E-state index in [1.807, 2.05) is 0 Å². The molecule has 190 valence electrons. The molecule has 1 aliphatic carbocycles. The molecule has 2 heterocycles. The maximum atomic E-state index is 15.8. The van der Waals surface area contributed by atoms with Crippen LogP contribution in [-0.2, 0) is 24.8 Å². The van der Waals surface area contributed by atoms with Gasteiger partial charge in [-0.05, 0) is 56.6 Å². The third-order valence-electron chi connectivity index (χ3n) is 7.71. The fourth-order valence-corrected chi connectivity index (χ4v) is 5.80. The number of halogens is 3. The molecule has 0 radical (unpaired) electrons. The van der Waals surface area contributed by atoms with E-state index in [0.717, 1.165) is 31.9 Å². The van der Waals surface area contributed by atoms with Gasteiger partial charge in [0.25, 0.3) is 5.91 Å². The van der Waals surface area contributed by atoms with Gasteiger partial charge in [-0.15, -0.1) is 0 Å². The minimum Gasteiger partial charge on any atom is -0.356 e. The quantitative estimate of drug-likeness (QED) is 0.581. The largest absolute Gasteiger partial charge is 0.356 e. The number of fused-ring (bicyclic) bond motifs is 1. The second-order valence-corrected chi connectivity index (χ2v) is 9.94.